The van der Waals surface area contributed by atoms with Crippen LogP contribution in [-0.4, -0.2) is 35.7 Å². The second-order valence-electron chi connectivity index (χ2n) is 0.577. The Bertz CT molecular complexity index is 6.00. The van der Waals surface area contributed by atoms with Crippen LogP contribution in [0.2, 0.25) is 13.1 Å². The molecule has 0 heterocycles. The summed E-state index contributed by atoms with van der Waals surface area (Å²) in [7, 11) is 0.750. The van der Waals surface area contributed by atoms with E-state index in [0.717, 1.165) is 9.52 Å². The molecule has 0 aromatic carbocycles. The van der Waals surface area contributed by atoms with Crippen molar-refractivity contribution in [3.8, 4) is 0 Å². The molecule has 0 aromatic heterocycles. The fourth-order valence-corrected chi connectivity index (χ4v) is 0. The van der Waals surface area contributed by atoms with Gasteiger partial charge < -0.3 is 0 Å². The van der Waals surface area contributed by atoms with Gasteiger partial charge in [-0.1, -0.05) is 13.1 Å². The Morgan fingerprint density at radius 3 is 1.25 bits per heavy atom. The molecule has 0 amide bonds. The molecule has 0 atom stereocenters. The molecule has 0 bridgehead atoms. The van der Waals surface area contributed by atoms with Crippen LogP contribution in [0.5, 0.6) is 0 Å². The van der Waals surface area contributed by atoms with Gasteiger partial charge in [0.25, 0.3) is 0 Å². The summed E-state index contributed by atoms with van der Waals surface area (Å²) in [5.41, 5.74) is 0. The van der Waals surface area contributed by atoms with E-state index >= 15 is 0 Å². The first kappa shape index (κ1) is 8.92. The van der Waals surface area contributed by atoms with Gasteiger partial charge in [-0.2, -0.15) is 0 Å². The molecule has 0 aliphatic heterocycles. The summed E-state index contributed by atoms with van der Waals surface area (Å²) < 4.78 is 0. The first-order chi connectivity index (χ1) is 1.41. The third kappa shape index (κ3) is 11.3. The average molecular weight is 271 g/mol. The molecule has 0 aliphatic carbocycles. The van der Waals surface area contributed by atoms with Crippen LogP contribution in [0.4, 0.5) is 0 Å². The van der Waals surface area contributed by atoms with Crippen molar-refractivity contribution in [1.29, 1.82) is 0 Å². The van der Waals surface area contributed by atoms with Gasteiger partial charge in [-0.15, -0.1) is 0 Å². The monoisotopic (exact) mass is 271 g/mol. The maximum absolute atomic E-state index is 2.21. The van der Waals surface area contributed by atoms with E-state index in [1.165, 1.54) is 0 Å². The van der Waals surface area contributed by atoms with E-state index in [1.54, 1.807) is 0 Å². The fourth-order valence-electron chi connectivity index (χ4n) is 0. The summed E-state index contributed by atoms with van der Waals surface area (Å²) >= 11 is 0. The van der Waals surface area contributed by atoms with Crippen LogP contribution in [0.3, 0.4) is 0 Å². The predicted molar refractivity (Wildman–Crippen MR) is 28.8 cm³/mol. The summed E-state index contributed by atoms with van der Waals surface area (Å²) in [5, 5.41) is 0. The number of hydrogen-bond donors (Lipinski definition) is 0. The molecule has 0 aliphatic rings. The summed E-state index contributed by atoms with van der Waals surface area (Å²) in [6.07, 6.45) is 0. The Morgan fingerprint density at radius 1 is 1.25 bits per heavy atom. The van der Waals surface area contributed by atoms with Gasteiger partial charge in [0.2, 0.25) is 0 Å². The van der Waals surface area contributed by atoms with Crippen LogP contribution in [0.25, 0.3) is 0 Å². The molecule has 1 radical (unpaired) electrons. The Labute approximate surface area is 48.9 Å². The third-order valence-corrected chi connectivity index (χ3v) is 0. The van der Waals surface area contributed by atoms with E-state index in [2.05, 4.69) is 13.1 Å². The quantitative estimate of drug-likeness (QED) is 0.513. The minimum absolute atomic E-state index is 0. The van der Waals surface area contributed by atoms with Crippen LogP contribution in [0.1, 0.15) is 0 Å². The van der Waals surface area contributed by atoms with Gasteiger partial charge in [0.05, 0.1) is 0 Å². The SMILES string of the molecule is C[SiH]C.[BiH3]. The van der Waals surface area contributed by atoms with Crippen LogP contribution in [0.15, 0.2) is 0 Å². The molecule has 2 heteroatoms. The van der Waals surface area contributed by atoms with Crippen LogP contribution >= 0.6 is 0 Å². The maximum atomic E-state index is 2.21. The van der Waals surface area contributed by atoms with Crippen molar-refractivity contribution in [3.63, 3.8) is 0 Å². The zero-order valence-corrected chi connectivity index (χ0v) is 9.94. The standard InChI is InChI=1S/C2H7Si.Bi.3H/c1-3-2;;;;/h3H,1-2H3;;;;. The molecule has 0 unspecified atom stereocenters. The second kappa shape index (κ2) is 8.93. The zero-order chi connectivity index (χ0) is 2.71. The van der Waals surface area contributed by atoms with E-state index in [4.69, 9.17) is 0 Å². The van der Waals surface area contributed by atoms with Crippen molar-refractivity contribution in [2.45, 2.75) is 13.1 Å². The molecule has 0 aromatic rings. The summed E-state index contributed by atoms with van der Waals surface area (Å²) in [5.74, 6) is 0. The number of hydrogen-bond acceptors (Lipinski definition) is 0. The van der Waals surface area contributed by atoms with Crippen molar-refractivity contribution < 1.29 is 0 Å². The van der Waals surface area contributed by atoms with Gasteiger partial charge in [-0.05, 0) is 0 Å². The van der Waals surface area contributed by atoms with Gasteiger partial charge in [-0.3, -0.25) is 0 Å². The Balaban J connectivity index is 0. The Kier molecular flexibility index (Phi) is 19.9. The normalized spacial score (nSPS) is 4.50. The van der Waals surface area contributed by atoms with Gasteiger partial charge in [0.1, 0.15) is 0 Å². The molecule has 0 saturated carbocycles. The van der Waals surface area contributed by atoms with E-state index in [-0.39, 0.29) is 26.2 Å². The molecule has 0 nitrogen and oxygen atoms in total. The molecule has 0 spiro atoms. The van der Waals surface area contributed by atoms with E-state index in [9.17, 15) is 0 Å². The Morgan fingerprint density at radius 2 is 1.25 bits per heavy atom. The van der Waals surface area contributed by atoms with Crippen molar-refractivity contribution in [2.75, 3.05) is 0 Å². The third-order valence-electron chi connectivity index (χ3n) is 0. The van der Waals surface area contributed by atoms with Crippen molar-refractivity contribution in [1.82, 2.24) is 0 Å². The first-order valence-corrected chi connectivity index (χ1v) is 3.46. The van der Waals surface area contributed by atoms with Crippen LogP contribution in [0, 0.1) is 0 Å². The molecule has 0 saturated heterocycles. The summed E-state index contributed by atoms with van der Waals surface area (Å²) in [4.78, 5) is 0. The van der Waals surface area contributed by atoms with E-state index in [1.807, 2.05) is 0 Å². The fraction of sp³-hybridized carbons (Fsp3) is 1.00. The minimum atomic E-state index is 0. The van der Waals surface area contributed by atoms with Crippen molar-refractivity contribution in [2.24, 2.45) is 0 Å². The second-order valence-corrected chi connectivity index (χ2v) is 1.73. The van der Waals surface area contributed by atoms with Crippen LogP contribution in [-0.2, 0) is 0 Å². The summed E-state index contributed by atoms with van der Waals surface area (Å²) in [6, 6.07) is 0. The van der Waals surface area contributed by atoms with E-state index in [0.29, 0.717) is 0 Å². The Hall–Kier alpha value is 1.10. The molecule has 0 fully saturated rings. The molecule has 0 rings (SSSR count). The first-order valence-electron chi connectivity index (χ1n) is 1.15. The zero-order valence-electron chi connectivity index (χ0n) is 3.28. The predicted octanol–water partition coefficient (Wildman–Crippen LogP) is -0.665. The van der Waals surface area contributed by atoms with Gasteiger partial charge in [-0.25, -0.2) is 0 Å². The average Bonchev–Trinajstić information content (AvgIpc) is 0.918. The molecule has 27 valence electrons. The molecule has 4 heavy (non-hydrogen) atoms. The van der Waals surface area contributed by atoms with Crippen molar-refractivity contribution in [3.05, 3.63) is 0 Å². The molecule has 0 N–H and O–H groups in total. The van der Waals surface area contributed by atoms with Gasteiger partial charge in [0.15, 0.2) is 0 Å². The van der Waals surface area contributed by atoms with Gasteiger partial charge in [0, 0.05) is 9.52 Å². The number of rotatable bonds is 0. The van der Waals surface area contributed by atoms with Crippen molar-refractivity contribution >= 4 is 35.7 Å². The molecular weight excluding hydrogens is 261 g/mol. The van der Waals surface area contributed by atoms with Crippen LogP contribution < -0.4 is 0 Å². The van der Waals surface area contributed by atoms with E-state index < -0.39 is 0 Å². The topological polar surface area (TPSA) is 0 Å². The molecular formula is C2H10BiSi. The summed E-state index contributed by atoms with van der Waals surface area (Å²) in [6.45, 7) is 4.42. The van der Waals surface area contributed by atoms with Gasteiger partial charge >= 0.3 is 26.2 Å².